The number of nitrogens with zero attached hydrogens (tertiary/aromatic N) is 2. The van der Waals surface area contributed by atoms with Crippen molar-refractivity contribution in [2.24, 2.45) is 0 Å². The Hall–Kier alpha value is -2.76. The van der Waals surface area contributed by atoms with E-state index < -0.39 is 5.60 Å². The number of anilines is 1. The van der Waals surface area contributed by atoms with Crippen LogP contribution in [0.2, 0.25) is 0 Å². The van der Waals surface area contributed by atoms with Crippen LogP contribution in [0.3, 0.4) is 0 Å². The summed E-state index contributed by atoms with van der Waals surface area (Å²) in [5.74, 6) is -0.114. The molecule has 1 fully saturated rings. The second-order valence-corrected chi connectivity index (χ2v) is 8.77. The Kier molecular flexibility index (Phi) is 6.01. The molecule has 1 aromatic heterocycles. The molecule has 1 saturated heterocycles. The largest absolute Gasteiger partial charge is 0.444 e. The number of hydrogen-bond donors (Lipinski definition) is 1. The third-order valence-electron chi connectivity index (χ3n) is 5.15. The van der Waals surface area contributed by atoms with Gasteiger partial charge in [-0.15, -0.1) is 0 Å². The number of hydrogen-bond acceptors (Lipinski definition) is 3. The Bertz CT molecular complexity index is 887. The molecule has 29 heavy (non-hydrogen) atoms. The number of likely N-dealkylation sites (tertiary alicyclic amines) is 1. The van der Waals surface area contributed by atoms with Gasteiger partial charge in [0, 0.05) is 31.0 Å². The first-order chi connectivity index (χ1) is 13.6. The van der Waals surface area contributed by atoms with Crippen LogP contribution >= 0.6 is 0 Å². The van der Waals surface area contributed by atoms with Gasteiger partial charge in [0.25, 0.3) is 5.91 Å². The van der Waals surface area contributed by atoms with Gasteiger partial charge in [0.15, 0.2) is 0 Å². The zero-order valence-corrected chi connectivity index (χ0v) is 18.0. The highest BCUT2D eigenvalue weighted by molar-refractivity contribution is 6.03. The minimum atomic E-state index is -0.492. The lowest BCUT2D eigenvalue weighted by Gasteiger charge is -2.34. The molecule has 2 aromatic rings. The van der Waals surface area contributed by atoms with E-state index in [1.54, 1.807) is 4.90 Å². The fraction of sp³-hybridized carbons (Fsp3) is 0.478. The molecule has 2 amide bonds. The van der Waals surface area contributed by atoms with E-state index in [0.29, 0.717) is 18.8 Å². The average Bonchev–Trinajstić information content (AvgIpc) is 3.12. The minimum absolute atomic E-state index is 0.114. The summed E-state index contributed by atoms with van der Waals surface area (Å²) in [5, 5.41) is 3.03. The van der Waals surface area contributed by atoms with Crippen LogP contribution in [0.15, 0.2) is 36.5 Å². The molecule has 6 heteroatoms. The summed E-state index contributed by atoms with van der Waals surface area (Å²) in [6.07, 6.45) is 3.26. The molecule has 0 unspecified atom stereocenters. The molecule has 1 aromatic carbocycles. The number of carbonyl (C=O) groups excluding carboxylic acids is 2. The Morgan fingerprint density at radius 2 is 1.79 bits per heavy atom. The Morgan fingerprint density at radius 1 is 1.10 bits per heavy atom. The number of aromatic nitrogens is 1. The highest BCUT2D eigenvalue weighted by atomic mass is 16.6. The number of nitrogens with one attached hydrogen (secondary N) is 1. The van der Waals surface area contributed by atoms with E-state index in [1.807, 2.05) is 69.6 Å². The maximum Gasteiger partial charge on any atom is 0.410 e. The van der Waals surface area contributed by atoms with E-state index in [-0.39, 0.29) is 18.0 Å². The van der Waals surface area contributed by atoms with E-state index in [2.05, 4.69) is 11.4 Å². The van der Waals surface area contributed by atoms with Gasteiger partial charge in [-0.25, -0.2) is 4.79 Å². The van der Waals surface area contributed by atoms with E-state index in [4.69, 9.17) is 4.74 Å². The van der Waals surface area contributed by atoms with Crippen LogP contribution in [0, 0.1) is 13.8 Å². The zero-order chi connectivity index (χ0) is 21.2. The van der Waals surface area contributed by atoms with Gasteiger partial charge in [-0.05, 0) is 71.2 Å². The number of carbonyl (C=O) groups is 2. The van der Waals surface area contributed by atoms with Crippen LogP contribution in [0.4, 0.5) is 10.5 Å². The Balaban J connectivity index is 1.65. The van der Waals surface area contributed by atoms with Crippen LogP contribution in [0.1, 0.15) is 61.3 Å². The standard InChI is InChI=1S/C23H31N3O3/c1-16-8-9-19(17(2)15-16)24-21(27)20-7-6-12-26(20)18-10-13-25(14-11-18)22(28)29-23(3,4)5/h6-9,12,15,18H,10-11,13-14H2,1-5H3,(H,24,27). The van der Waals surface area contributed by atoms with Crippen molar-refractivity contribution in [3.8, 4) is 0 Å². The zero-order valence-electron chi connectivity index (χ0n) is 18.0. The van der Waals surface area contributed by atoms with Crippen molar-refractivity contribution in [2.75, 3.05) is 18.4 Å². The molecular weight excluding hydrogens is 366 g/mol. The van der Waals surface area contributed by atoms with Gasteiger partial charge in [-0.2, -0.15) is 0 Å². The minimum Gasteiger partial charge on any atom is -0.444 e. The third kappa shape index (κ3) is 5.19. The van der Waals surface area contributed by atoms with Gasteiger partial charge in [0.05, 0.1) is 0 Å². The van der Waals surface area contributed by atoms with Crippen molar-refractivity contribution >= 4 is 17.7 Å². The molecule has 0 spiro atoms. The van der Waals surface area contributed by atoms with Gasteiger partial charge in [-0.1, -0.05) is 17.7 Å². The predicted octanol–water partition coefficient (Wildman–Crippen LogP) is 4.93. The van der Waals surface area contributed by atoms with Crippen molar-refractivity contribution < 1.29 is 14.3 Å². The van der Waals surface area contributed by atoms with Gasteiger partial charge in [-0.3, -0.25) is 4.79 Å². The molecular formula is C23H31N3O3. The molecule has 1 aliphatic rings. The van der Waals surface area contributed by atoms with Crippen molar-refractivity contribution in [3.05, 3.63) is 53.3 Å². The number of benzene rings is 1. The molecule has 1 aliphatic heterocycles. The summed E-state index contributed by atoms with van der Waals surface area (Å²) in [6, 6.07) is 9.92. The van der Waals surface area contributed by atoms with Crippen LogP contribution < -0.4 is 5.32 Å². The summed E-state index contributed by atoms with van der Waals surface area (Å²) in [4.78, 5) is 26.9. The van der Waals surface area contributed by atoms with Crippen LogP contribution in [0.25, 0.3) is 0 Å². The number of amides is 2. The summed E-state index contributed by atoms with van der Waals surface area (Å²) in [6.45, 7) is 10.9. The summed E-state index contributed by atoms with van der Waals surface area (Å²) >= 11 is 0. The number of ether oxygens (including phenoxy) is 1. The summed E-state index contributed by atoms with van der Waals surface area (Å²) in [7, 11) is 0. The molecule has 0 saturated carbocycles. The molecule has 156 valence electrons. The quantitative estimate of drug-likeness (QED) is 0.799. The van der Waals surface area contributed by atoms with Gasteiger partial charge in [0.2, 0.25) is 0 Å². The molecule has 0 bridgehead atoms. The fourth-order valence-electron chi connectivity index (χ4n) is 3.70. The smallest absolute Gasteiger partial charge is 0.410 e. The van der Waals surface area contributed by atoms with Crippen LogP contribution in [-0.4, -0.2) is 40.2 Å². The first-order valence-corrected chi connectivity index (χ1v) is 10.2. The molecule has 3 rings (SSSR count). The predicted molar refractivity (Wildman–Crippen MR) is 114 cm³/mol. The highest BCUT2D eigenvalue weighted by Gasteiger charge is 2.28. The maximum absolute atomic E-state index is 12.9. The van der Waals surface area contributed by atoms with Gasteiger partial charge < -0.3 is 19.5 Å². The van der Waals surface area contributed by atoms with Gasteiger partial charge in [0.1, 0.15) is 11.3 Å². The van der Waals surface area contributed by atoms with E-state index in [1.165, 1.54) is 5.56 Å². The molecule has 0 atom stereocenters. The lowest BCUT2D eigenvalue weighted by atomic mass is 10.0. The number of aryl methyl sites for hydroxylation is 2. The Morgan fingerprint density at radius 3 is 2.41 bits per heavy atom. The second kappa shape index (κ2) is 8.31. The average molecular weight is 398 g/mol. The molecule has 6 nitrogen and oxygen atoms in total. The molecule has 2 heterocycles. The number of rotatable bonds is 3. The summed E-state index contributed by atoms with van der Waals surface area (Å²) in [5.41, 5.74) is 3.19. The van der Waals surface area contributed by atoms with Crippen LogP contribution in [0.5, 0.6) is 0 Å². The van der Waals surface area contributed by atoms with E-state index >= 15 is 0 Å². The van der Waals surface area contributed by atoms with Crippen LogP contribution in [-0.2, 0) is 4.74 Å². The lowest BCUT2D eigenvalue weighted by molar-refractivity contribution is 0.0187. The summed E-state index contributed by atoms with van der Waals surface area (Å²) < 4.78 is 7.50. The van der Waals surface area contributed by atoms with E-state index in [0.717, 1.165) is 24.1 Å². The Labute approximate surface area is 172 Å². The van der Waals surface area contributed by atoms with Crippen molar-refractivity contribution in [3.63, 3.8) is 0 Å². The fourth-order valence-corrected chi connectivity index (χ4v) is 3.70. The SMILES string of the molecule is Cc1ccc(NC(=O)c2cccn2C2CCN(C(=O)OC(C)(C)C)CC2)c(C)c1. The maximum atomic E-state index is 12.9. The van der Waals surface area contributed by atoms with Crippen molar-refractivity contribution in [1.29, 1.82) is 0 Å². The topological polar surface area (TPSA) is 63.6 Å². The first kappa shape index (κ1) is 21.0. The molecule has 0 aliphatic carbocycles. The monoisotopic (exact) mass is 397 g/mol. The second-order valence-electron chi connectivity index (χ2n) is 8.77. The third-order valence-corrected chi connectivity index (χ3v) is 5.15. The molecule has 0 radical (unpaired) electrons. The van der Waals surface area contributed by atoms with E-state index in [9.17, 15) is 9.59 Å². The van der Waals surface area contributed by atoms with Crippen molar-refractivity contribution in [1.82, 2.24) is 9.47 Å². The lowest BCUT2D eigenvalue weighted by Crippen LogP contribution is -2.42. The van der Waals surface area contributed by atoms with Crippen molar-refractivity contribution in [2.45, 2.75) is 59.1 Å². The highest BCUT2D eigenvalue weighted by Crippen LogP contribution is 2.26. The first-order valence-electron chi connectivity index (χ1n) is 10.2. The number of piperidine rings is 1. The molecule has 1 N–H and O–H groups in total. The normalized spacial score (nSPS) is 15.3. The van der Waals surface area contributed by atoms with Gasteiger partial charge >= 0.3 is 6.09 Å².